The summed E-state index contributed by atoms with van der Waals surface area (Å²) in [6.45, 7) is 5.49. The Labute approximate surface area is 108 Å². The molecule has 0 saturated carbocycles. The Kier molecular flexibility index (Phi) is 5.12. The van der Waals surface area contributed by atoms with Crippen LogP contribution in [-0.2, 0) is 11.3 Å². The Hall–Kier alpha value is -1.45. The largest absolute Gasteiger partial charge is 0.382 e. The molecule has 96 valence electrons. The van der Waals surface area contributed by atoms with E-state index in [0.717, 1.165) is 38.2 Å². The van der Waals surface area contributed by atoms with Gasteiger partial charge in [0.05, 0.1) is 5.52 Å². The van der Waals surface area contributed by atoms with Gasteiger partial charge in [-0.05, 0) is 31.5 Å². The Morgan fingerprint density at radius 3 is 3.00 bits per heavy atom. The summed E-state index contributed by atoms with van der Waals surface area (Å²) < 4.78 is 5.30. The van der Waals surface area contributed by atoms with E-state index >= 15 is 0 Å². The lowest BCUT2D eigenvalue weighted by Gasteiger charge is -2.07. The van der Waals surface area contributed by atoms with Crippen molar-refractivity contribution in [1.29, 1.82) is 0 Å². The fourth-order valence-electron chi connectivity index (χ4n) is 1.98. The van der Waals surface area contributed by atoms with Crippen LogP contribution >= 0.6 is 0 Å². The lowest BCUT2D eigenvalue weighted by molar-refractivity contribution is 0.144. The number of hydrogen-bond donors (Lipinski definition) is 1. The highest BCUT2D eigenvalue weighted by Crippen LogP contribution is 2.15. The summed E-state index contributed by atoms with van der Waals surface area (Å²) in [5, 5.41) is 4.63. The lowest BCUT2D eigenvalue weighted by atomic mass is 10.1. The number of nitrogens with one attached hydrogen (secondary N) is 1. The van der Waals surface area contributed by atoms with Gasteiger partial charge in [0, 0.05) is 31.3 Å². The summed E-state index contributed by atoms with van der Waals surface area (Å²) in [6, 6.07) is 10.4. The van der Waals surface area contributed by atoms with Crippen molar-refractivity contribution < 1.29 is 4.74 Å². The SMILES string of the molecule is CCOCCCNCc1cccc2cccnc12. The Morgan fingerprint density at radius 2 is 2.11 bits per heavy atom. The van der Waals surface area contributed by atoms with Crippen molar-refractivity contribution >= 4 is 10.9 Å². The van der Waals surface area contributed by atoms with Crippen molar-refractivity contribution in [2.75, 3.05) is 19.8 Å². The summed E-state index contributed by atoms with van der Waals surface area (Å²) in [7, 11) is 0. The predicted molar refractivity (Wildman–Crippen MR) is 74.6 cm³/mol. The molecule has 0 aliphatic carbocycles. The molecule has 0 unspecified atom stereocenters. The van der Waals surface area contributed by atoms with Gasteiger partial charge in [-0.1, -0.05) is 24.3 Å². The fraction of sp³-hybridized carbons (Fsp3) is 0.400. The number of rotatable bonds is 7. The molecule has 0 atom stereocenters. The van der Waals surface area contributed by atoms with E-state index in [2.05, 4.69) is 34.6 Å². The molecule has 3 heteroatoms. The van der Waals surface area contributed by atoms with Gasteiger partial charge in [0.2, 0.25) is 0 Å². The molecule has 18 heavy (non-hydrogen) atoms. The number of fused-ring (bicyclic) bond motifs is 1. The van der Waals surface area contributed by atoms with E-state index in [9.17, 15) is 0 Å². The van der Waals surface area contributed by atoms with Crippen molar-refractivity contribution in [3.8, 4) is 0 Å². The standard InChI is InChI=1S/C15H20N2O/c1-2-18-11-5-9-16-12-14-7-3-6-13-8-4-10-17-15(13)14/h3-4,6-8,10,16H,2,5,9,11-12H2,1H3. The van der Waals surface area contributed by atoms with Gasteiger partial charge in [-0.2, -0.15) is 0 Å². The van der Waals surface area contributed by atoms with E-state index in [1.807, 2.05) is 19.2 Å². The highest BCUT2D eigenvalue weighted by molar-refractivity contribution is 5.81. The number of ether oxygens (including phenoxy) is 1. The quantitative estimate of drug-likeness (QED) is 0.760. The van der Waals surface area contributed by atoms with Gasteiger partial charge >= 0.3 is 0 Å². The number of hydrogen-bond acceptors (Lipinski definition) is 3. The van der Waals surface area contributed by atoms with Crippen molar-refractivity contribution in [3.63, 3.8) is 0 Å². The highest BCUT2D eigenvalue weighted by atomic mass is 16.5. The lowest BCUT2D eigenvalue weighted by Crippen LogP contribution is -2.16. The molecular formula is C15H20N2O. The molecular weight excluding hydrogens is 224 g/mol. The summed E-state index contributed by atoms with van der Waals surface area (Å²) in [5.74, 6) is 0. The molecule has 0 fully saturated rings. The van der Waals surface area contributed by atoms with Crippen LogP contribution in [-0.4, -0.2) is 24.7 Å². The summed E-state index contributed by atoms with van der Waals surface area (Å²) >= 11 is 0. The first-order chi connectivity index (χ1) is 8.92. The molecule has 0 bridgehead atoms. The molecule has 1 heterocycles. The Bertz CT molecular complexity index is 479. The zero-order valence-corrected chi connectivity index (χ0v) is 10.9. The molecule has 1 aromatic heterocycles. The first kappa shape index (κ1) is 13.0. The minimum Gasteiger partial charge on any atom is -0.382 e. The smallest absolute Gasteiger partial charge is 0.0746 e. The van der Waals surface area contributed by atoms with Crippen molar-refractivity contribution in [2.45, 2.75) is 19.9 Å². The molecule has 2 aromatic rings. The average molecular weight is 244 g/mol. The van der Waals surface area contributed by atoms with Crippen LogP contribution in [0.25, 0.3) is 10.9 Å². The van der Waals surface area contributed by atoms with Crippen molar-refractivity contribution in [3.05, 3.63) is 42.1 Å². The van der Waals surface area contributed by atoms with Gasteiger partial charge in [0.25, 0.3) is 0 Å². The van der Waals surface area contributed by atoms with Crippen LogP contribution in [0.2, 0.25) is 0 Å². The zero-order chi connectivity index (χ0) is 12.6. The number of aromatic nitrogens is 1. The van der Waals surface area contributed by atoms with Gasteiger partial charge in [0.1, 0.15) is 0 Å². The first-order valence-corrected chi connectivity index (χ1v) is 6.53. The molecule has 2 rings (SSSR count). The van der Waals surface area contributed by atoms with Crippen LogP contribution in [0.15, 0.2) is 36.5 Å². The maximum atomic E-state index is 5.30. The molecule has 3 nitrogen and oxygen atoms in total. The van der Waals surface area contributed by atoms with E-state index in [4.69, 9.17) is 4.74 Å². The number of nitrogens with zero attached hydrogens (tertiary/aromatic N) is 1. The van der Waals surface area contributed by atoms with E-state index in [1.54, 1.807) is 0 Å². The van der Waals surface area contributed by atoms with Crippen LogP contribution in [0.3, 0.4) is 0 Å². The first-order valence-electron chi connectivity index (χ1n) is 6.53. The van der Waals surface area contributed by atoms with Gasteiger partial charge in [0.15, 0.2) is 0 Å². The molecule has 0 radical (unpaired) electrons. The van der Waals surface area contributed by atoms with Crippen LogP contribution < -0.4 is 5.32 Å². The van der Waals surface area contributed by atoms with E-state index in [1.165, 1.54) is 10.9 Å². The third kappa shape index (κ3) is 3.52. The number of benzene rings is 1. The maximum absolute atomic E-state index is 5.30. The topological polar surface area (TPSA) is 34.1 Å². The molecule has 0 aliphatic heterocycles. The highest BCUT2D eigenvalue weighted by Gasteiger charge is 2.00. The second-order valence-corrected chi connectivity index (χ2v) is 4.22. The van der Waals surface area contributed by atoms with Gasteiger partial charge in [-0.15, -0.1) is 0 Å². The normalized spacial score (nSPS) is 10.9. The monoisotopic (exact) mass is 244 g/mol. The second kappa shape index (κ2) is 7.09. The van der Waals surface area contributed by atoms with Gasteiger partial charge in [-0.3, -0.25) is 4.98 Å². The van der Waals surface area contributed by atoms with E-state index < -0.39 is 0 Å². The average Bonchev–Trinajstić information content (AvgIpc) is 2.43. The van der Waals surface area contributed by atoms with E-state index in [-0.39, 0.29) is 0 Å². The van der Waals surface area contributed by atoms with Crippen LogP contribution in [0.1, 0.15) is 18.9 Å². The van der Waals surface area contributed by atoms with E-state index in [0.29, 0.717) is 0 Å². The molecule has 1 aromatic carbocycles. The minimum atomic E-state index is 0.799. The maximum Gasteiger partial charge on any atom is 0.0746 e. The number of para-hydroxylation sites is 1. The van der Waals surface area contributed by atoms with Gasteiger partial charge in [-0.25, -0.2) is 0 Å². The molecule has 0 saturated heterocycles. The summed E-state index contributed by atoms with van der Waals surface area (Å²) in [5.41, 5.74) is 2.35. The predicted octanol–water partition coefficient (Wildman–Crippen LogP) is 2.75. The van der Waals surface area contributed by atoms with Crippen molar-refractivity contribution in [1.82, 2.24) is 10.3 Å². The summed E-state index contributed by atoms with van der Waals surface area (Å²) in [4.78, 5) is 4.44. The van der Waals surface area contributed by atoms with Crippen LogP contribution in [0.5, 0.6) is 0 Å². The summed E-state index contributed by atoms with van der Waals surface area (Å²) in [6.07, 6.45) is 2.90. The molecule has 0 aliphatic rings. The Balaban J connectivity index is 1.88. The number of pyridine rings is 1. The van der Waals surface area contributed by atoms with Gasteiger partial charge < -0.3 is 10.1 Å². The third-order valence-corrected chi connectivity index (χ3v) is 2.88. The third-order valence-electron chi connectivity index (χ3n) is 2.88. The Morgan fingerprint density at radius 1 is 1.22 bits per heavy atom. The molecule has 0 amide bonds. The minimum absolute atomic E-state index is 0.799. The van der Waals surface area contributed by atoms with Crippen molar-refractivity contribution in [2.24, 2.45) is 0 Å². The van der Waals surface area contributed by atoms with Crippen LogP contribution in [0, 0.1) is 0 Å². The molecule has 0 spiro atoms. The molecule has 1 N–H and O–H groups in total. The zero-order valence-electron chi connectivity index (χ0n) is 10.9. The second-order valence-electron chi connectivity index (χ2n) is 4.22. The van der Waals surface area contributed by atoms with Crippen LogP contribution in [0.4, 0.5) is 0 Å². The fourth-order valence-corrected chi connectivity index (χ4v) is 1.98.